The number of aromatic nitrogens is 2. The molecule has 124 valence electrons. The van der Waals surface area contributed by atoms with Crippen molar-refractivity contribution >= 4 is 16.9 Å². The fourth-order valence-corrected chi connectivity index (χ4v) is 3.55. The molecule has 1 N–H and O–H groups in total. The fraction of sp³-hybridized carbons (Fsp3) is 0.556. The quantitative estimate of drug-likeness (QED) is 0.883. The van der Waals surface area contributed by atoms with E-state index >= 15 is 0 Å². The van der Waals surface area contributed by atoms with E-state index in [1.807, 2.05) is 18.2 Å². The summed E-state index contributed by atoms with van der Waals surface area (Å²) in [4.78, 5) is 24.3. The Bertz CT molecular complexity index is 764. The molecular weight excluding hydrogens is 290 g/mol. The Hall–Kier alpha value is -2.04. The van der Waals surface area contributed by atoms with E-state index in [9.17, 15) is 9.59 Å². The van der Waals surface area contributed by atoms with E-state index in [1.165, 1.54) is 25.7 Å². The third kappa shape index (κ3) is 3.33. The van der Waals surface area contributed by atoms with Gasteiger partial charge in [-0.15, -0.1) is 0 Å². The minimum absolute atomic E-state index is 0.0416. The van der Waals surface area contributed by atoms with Crippen LogP contribution in [0.2, 0.25) is 0 Å². The second kappa shape index (κ2) is 6.60. The highest BCUT2D eigenvalue weighted by Gasteiger charge is 2.15. The number of carbonyl (C=O) groups excluding carboxylic acids is 1. The maximum absolute atomic E-state index is 12.3. The molecule has 0 unspecified atom stereocenters. The number of fused-ring (bicyclic) bond motifs is 1. The number of carbonyl (C=O) groups is 1. The first-order valence-corrected chi connectivity index (χ1v) is 8.50. The van der Waals surface area contributed by atoms with Gasteiger partial charge in [0.25, 0.3) is 0 Å². The Labute approximate surface area is 136 Å². The Kier molecular flexibility index (Phi) is 4.55. The Morgan fingerprint density at radius 1 is 1.09 bits per heavy atom. The minimum Gasteiger partial charge on any atom is -0.353 e. The van der Waals surface area contributed by atoms with E-state index in [2.05, 4.69) is 5.32 Å². The number of hydrogen-bond donors (Lipinski definition) is 1. The van der Waals surface area contributed by atoms with Gasteiger partial charge in [0, 0.05) is 20.1 Å². The van der Waals surface area contributed by atoms with Crippen LogP contribution in [0, 0.1) is 0 Å². The van der Waals surface area contributed by atoms with Gasteiger partial charge < -0.3 is 5.32 Å². The second-order valence-corrected chi connectivity index (χ2v) is 6.66. The predicted molar refractivity (Wildman–Crippen MR) is 91.5 cm³/mol. The molecule has 1 amide bonds. The first kappa shape index (κ1) is 15.8. The molecule has 2 aromatic rings. The van der Waals surface area contributed by atoms with Crippen LogP contribution in [0.3, 0.4) is 0 Å². The molecule has 3 rings (SSSR count). The van der Waals surface area contributed by atoms with Crippen molar-refractivity contribution in [1.29, 1.82) is 0 Å². The first-order chi connectivity index (χ1) is 11.1. The third-order valence-electron chi connectivity index (χ3n) is 4.92. The van der Waals surface area contributed by atoms with Crippen LogP contribution < -0.4 is 11.0 Å². The standard InChI is InChI=1S/C18H25N3O2/c1-20-15-10-9-13(11-16(15)21(2)18(20)23)12-17(22)19-14-7-5-3-4-6-8-14/h9-11,14H,3-8,12H2,1-2H3,(H,19,22). The van der Waals surface area contributed by atoms with Crippen molar-refractivity contribution in [3.05, 3.63) is 34.2 Å². The smallest absolute Gasteiger partial charge is 0.328 e. The van der Waals surface area contributed by atoms with Gasteiger partial charge in [-0.1, -0.05) is 31.7 Å². The molecule has 0 spiro atoms. The van der Waals surface area contributed by atoms with Crippen molar-refractivity contribution in [2.45, 2.75) is 51.0 Å². The maximum Gasteiger partial charge on any atom is 0.328 e. The molecule has 1 saturated carbocycles. The molecule has 0 aliphatic heterocycles. The second-order valence-electron chi connectivity index (χ2n) is 6.66. The first-order valence-electron chi connectivity index (χ1n) is 8.50. The lowest BCUT2D eigenvalue weighted by Crippen LogP contribution is -2.35. The maximum atomic E-state index is 12.3. The highest BCUT2D eigenvalue weighted by atomic mass is 16.2. The molecule has 1 fully saturated rings. The lowest BCUT2D eigenvalue weighted by Gasteiger charge is -2.16. The van der Waals surface area contributed by atoms with Gasteiger partial charge in [-0.2, -0.15) is 0 Å². The van der Waals surface area contributed by atoms with E-state index in [0.717, 1.165) is 29.4 Å². The number of aryl methyl sites for hydroxylation is 2. The van der Waals surface area contributed by atoms with Crippen molar-refractivity contribution in [3.8, 4) is 0 Å². The highest BCUT2D eigenvalue weighted by molar-refractivity contribution is 5.82. The van der Waals surface area contributed by atoms with Crippen molar-refractivity contribution in [2.24, 2.45) is 14.1 Å². The number of rotatable bonds is 3. The Morgan fingerprint density at radius 3 is 2.43 bits per heavy atom. The van der Waals surface area contributed by atoms with Gasteiger partial charge in [0.1, 0.15) is 0 Å². The van der Waals surface area contributed by atoms with Crippen molar-refractivity contribution < 1.29 is 4.79 Å². The average molecular weight is 315 g/mol. The molecule has 0 saturated heterocycles. The Morgan fingerprint density at radius 2 is 1.74 bits per heavy atom. The lowest BCUT2D eigenvalue weighted by atomic mass is 10.1. The van der Waals surface area contributed by atoms with Crippen LogP contribution in [-0.4, -0.2) is 21.1 Å². The van der Waals surface area contributed by atoms with E-state index < -0.39 is 0 Å². The lowest BCUT2D eigenvalue weighted by molar-refractivity contribution is -0.121. The van der Waals surface area contributed by atoms with Crippen LogP contribution in [0.4, 0.5) is 0 Å². The average Bonchev–Trinajstić information content (AvgIpc) is 2.74. The predicted octanol–water partition coefficient (Wildman–Crippen LogP) is 2.26. The molecule has 23 heavy (non-hydrogen) atoms. The monoisotopic (exact) mass is 315 g/mol. The summed E-state index contributed by atoms with van der Waals surface area (Å²) in [6.07, 6.45) is 7.55. The summed E-state index contributed by atoms with van der Waals surface area (Å²) in [7, 11) is 3.53. The van der Waals surface area contributed by atoms with Crippen LogP contribution in [0.1, 0.15) is 44.1 Å². The topological polar surface area (TPSA) is 56.0 Å². The van der Waals surface area contributed by atoms with Crippen molar-refractivity contribution in [3.63, 3.8) is 0 Å². The van der Waals surface area contributed by atoms with E-state index in [1.54, 1.807) is 23.2 Å². The van der Waals surface area contributed by atoms with Gasteiger partial charge in [0.05, 0.1) is 17.5 Å². The van der Waals surface area contributed by atoms with Gasteiger partial charge in [0.2, 0.25) is 5.91 Å². The molecule has 1 aliphatic rings. The van der Waals surface area contributed by atoms with Crippen molar-refractivity contribution in [2.75, 3.05) is 0 Å². The molecule has 5 nitrogen and oxygen atoms in total. The molecule has 0 bridgehead atoms. The summed E-state index contributed by atoms with van der Waals surface area (Å²) in [5, 5.41) is 3.17. The van der Waals surface area contributed by atoms with E-state index in [-0.39, 0.29) is 11.6 Å². The van der Waals surface area contributed by atoms with Gasteiger partial charge in [-0.25, -0.2) is 4.79 Å². The van der Waals surface area contributed by atoms with Gasteiger partial charge in [-0.3, -0.25) is 13.9 Å². The summed E-state index contributed by atoms with van der Waals surface area (Å²) < 4.78 is 3.26. The van der Waals surface area contributed by atoms with Crippen LogP contribution in [-0.2, 0) is 25.3 Å². The van der Waals surface area contributed by atoms with E-state index in [0.29, 0.717) is 12.5 Å². The molecule has 1 aromatic heterocycles. The third-order valence-corrected chi connectivity index (χ3v) is 4.92. The van der Waals surface area contributed by atoms with Crippen LogP contribution in [0.25, 0.3) is 11.0 Å². The number of imidazole rings is 1. The molecule has 1 aliphatic carbocycles. The summed E-state index contributed by atoms with van der Waals surface area (Å²) in [5.74, 6) is 0.0807. The highest BCUT2D eigenvalue weighted by Crippen LogP contribution is 2.18. The molecule has 0 atom stereocenters. The Balaban J connectivity index is 1.72. The van der Waals surface area contributed by atoms with E-state index in [4.69, 9.17) is 0 Å². The zero-order chi connectivity index (χ0) is 16.4. The van der Waals surface area contributed by atoms with Crippen LogP contribution in [0.5, 0.6) is 0 Å². The van der Waals surface area contributed by atoms with Gasteiger partial charge in [0.15, 0.2) is 0 Å². The normalized spacial score (nSPS) is 16.4. The molecule has 1 aromatic carbocycles. The number of benzene rings is 1. The summed E-state index contributed by atoms with van der Waals surface area (Å²) >= 11 is 0. The minimum atomic E-state index is -0.0416. The number of amides is 1. The largest absolute Gasteiger partial charge is 0.353 e. The zero-order valence-corrected chi connectivity index (χ0v) is 14.0. The molecular formula is C18H25N3O2. The van der Waals surface area contributed by atoms with Crippen LogP contribution >= 0.6 is 0 Å². The molecule has 0 radical (unpaired) electrons. The SMILES string of the molecule is Cn1c(=O)n(C)c2cc(CC(=O)NC3CCCCCC3)ccc21. The van der Waals surface area contributed by atoms with Crippen molar-refractivity contribution in [1.82, 2.24) is 14.5 Å². The molecule has 1 heterocycles. The van der Waals surface area contributed by atoms with Crippen LogP contribution in [0.15, 0.2) is 23.0 Å². The zero-order valence-electron chi connectivity index (χ0n) is 14.0. The molecule has 5 heteroatoms. The summed E-state index contributed by atoms with van der Waals surface area (Å²) in [5.41, 5.74) is 2.67. The fourth-order valence-electron chi connectivity index (χ4n) is 3.55. The van der Waals surface area contributed by atoms with Gasteiger partial charge in [-0.05, 0) is 30.5 Å². The van der Waals surface area contributed by atoms with Gasteiger partial charge >= 0.3 is 5.69 Å². The summed E-state index contributed by atoms with van der Waals surface area (Å²) in [6.45, 7) is 0. The number of nitrogens with one attached hydrogen (secondary N) is 1. The number of nitrogens with zero attached hydrogens (tertiary/aromatic N) is 2. The summed E-state index contributed by atoms with van der Waals surface area (Å²) in [6, 6.07) is 6.14. The number of hydrogen-bond acceptors (Lipinski definition) is 2.